The van der Waals surface area contributed by atoms with Gasteiger partial charge in [0.15, 0.2) is 0 Å². The largest absolute Gasteiger partial charge is 0.468 e. The number of amides is 2. The van der Waals surface area contributed by atoms with Crippen LogP contribution in [-0.4, -0.2) is 49.1 Å². The van der Waals surface area contributed by atoms with Crippen LogP contribution < -0.4 is 5.32 Å². The molecule has 1 unspecified atom stereocenters. The number of fused-ring (bicyclic) bond motifs is 1. The maximum atomic E-state index is 12.9. The first kappa shape index (κ1) is 16.1. The average molecular weight is 320 g/mol. The molecule has 3 heterocycles. The number of carbonyl (C=O) groups excluding carboxylic acids is 2. The van der Waals surface area contributed by atoms with Crippen LogP contribution in [0.5, 0.6) is 0 Å². The van der Waals surface area contributed by atoms with Crippen molar-refractivity contribution in [3.8, 4) is 0 Å². The molecule has 0 aliphatic carbocycles. The molecule has 2 aliphatic rings. The zero-order chi connectivity index (χ0) is 16.6. The Labute approximate surface area is 136 Å². The minimum absolute atomic E-state index is 0.0841. The third kappa shape index (κ3) is 3.13. The minimum Gasteiger partial charge on any atom is -0.468 e. The normalized spacial score (nSPS) is 24.4. The molecule has 0 bridgehead atoms. The number of hydrogen-bond donors (Lipinski definition) is 1. The first-order valence-corrected chi connectivity index (χ1v) is 8.16. The van der Waals surface area contributed by atoms with Gasteiger partial charge in [0.2, 0.25) is 0 Å². The molecule has 6 heteroatoms. The van der Waals surface area contributed by atoms with Crippen LogP contribution in [0.4, 0.5) is 0 Å². The summed E-state index contributed by atoms with van der Waals surface area (Å²) >= 11 is 0. The molecule has 2 amide bonds. The van der Waals surface area contributed by atoms with Crippen LogP contribution in [0.25, 0.3) is 0 Å². The Morgan fingerprint density at radius 2 is 2.17 bits per heavy atom. The fraction of sp³-hybridized carbons (Fsp3) is 0.647. The highest BCUT2D eigenvalue weighted by Crippen LogP contribution is 2.30. The van der Waals surface area contributed by atoms with Gasteiger partial charge in [-0.3, -0.25) is 9.59 Å². The lowest BCUT2D eigenvalue weighted by Crippen LogP contribution is -2.40. The minimum atomic E-state index is -0.221. The molecular formula is C17H24N2O4. The number of rotatable bonds is 1. The smallest absolute Gasteiger partial charge is 0.258 e. The Hall–Kier alpha value is -1.82. The second-order valence-corrected chi connectivity index (χ2v) is 7.22. The SMILES string of the molecule is CC1CCOCCN1C(=O)c1coc2c1C(=O)NCC(C)(C)C2. The summed E-state index contributed by atoms with van der Waals surface area (Å²) in [5, 5.41) is 2.90. The topological polar surface area (TPSA) is 71.8 Å². The van der Waals surface area contributed by atoms with Gasteiger partial charge in [0.05, 0.1) is 17.7 Å². The van der Waals surface area contributed by atoms with Crippen LogP contribution in [0.2, 0.25) is 0 Å². The summed E-state index contributed by atoms with van der Waals surface area (Å²) in [7, 11) is 0. The lowest BCUT2D eigenvalue weighted by Gasteiger charge is -2.26. The van der Waals surface area contributed by atoms with Crippen molar-refractivity contribution >= 4 is 11.8 Å². The zero-order valence-electron chi connectivity index (χ0n) is 14.0. The van der Waals surface area contributed by atoms with Crippen molar-refractivity contribution in [3.05, 3.63) is 23.2 Å². The third-order valence-corrected chi connectivity index (χ3v) is 4.64. The van der Waals surface area contributed by atoms with Crippen molar-refractivity contribution in [3.63, 3.8) is 0 Å². The van der Waals surface area contributed by atoms with E-state index in [1.807, 2.05) is 6.92 Å². The Kier molecular flexibility index (Phi) is 4.19. The molecule has 1 N–H and O–H groups in total. The molecule has 0 aromatic carbocycles. The fourth-order valence-electron chi connectivity index (χ4n) is 3.19. The van der Waals surface area contributed by atoms with E-state index in [9.17, 15) is 9.59 Å². The highest BCUT2D eigenvalue weighted by atomic mass is 16.5. The maximum Gasteiger partial charge on any atom is 0.258 e. The number of furan rings is 1. The van der Waals surface area contributed by atoms with Gasteiger partial charge in [0.1, 0.15) is 12.0 Å². The van der Waals surface area contributed by atoms with Gasteiger partial charge in [-0.1, -0.05) is 13.8 Å². The number of ether oxygens (including phenoxy) is 1. The van der Waals surface area contributed by atoms with Crippen LogP contribution in [0.3, 0.4) is 0 Å². The Morgan fingerprint density at radius 3 is 2.96 bits per heavy atom. The van der Waals surface area contributed by atoms with Gasteiger partial charge < -0.3 is 19.4 Å². The third-order valence-electron chi connectivity index (χ3n) is 4.64. The van der Waals surface area contributed by atoms with Crippen molar-refractivity contribution in [2.45, 2.75) is 39.7 Å². The summed E-state index contributed by atoms with van der Waals surface area (Å²) in [4.78, 5) is 27.2. The average Bonchev–Trinajstić information content (AvgIpc) is 2.71. The standard InChI is InChI=1S/C17H24N2O4/c1-11-4-6-22-7-5-19(11)16(21)12-9-23-13-8-17(2,3)10-18-15(20)14(12)13/h9,11H,4-8,10H2,1-3H3,(H,18,20). The second kappa shape index (κ2) is 6.00. The lowest BCUT2D eigenvalue weighted by atomic mass is 9.88. The van der Waals surface area contributed by atoms with Gasteiger partial charge in [0.25, 0.3) is 11.8 Å². The second-order valence-electron chi connectivity index (χ2n) is 7.22. The highest BCUT2D eigenvalue weighted by Gasteiger charge is 2.35. The monoisotopic (exact) mass is 320 g/mol. The number of hydrogen-bond acceptors (Lipinski definition) is 4. The summed E-state index contributed by atoms with van der Waals surface area (Å²) in [5.74, 6) is 0.233. The predicted octanol–water partition coefficient (Wildman–Crippen LogP) is 1.84. The lowest BCUT2D eigenvalue weighted by molar-refractivity contribution is 0.0682. The van der Waals surface area contributed by atoms with Crippen molar-refractivity contribution in [2.75, 3.05) is 26.3 Å². The van der Waals surface area contributed by atoms with E-state index >= 15 is 0 Å². The van der Waals surface area contributed by atoms with Gasteiger partial charge in [-0.05, 0) is 18.8 Å². The van der Waals surface area contributed by atoms with E-state index in [1.165, 1.54) is 6.26 Å². The van der Waals surface area contributed by atoms with Gasteiger partial charge in [-0.2, -0.15) is 0 Å². The molecule has 1 aromatic rings. The van der Waals surface area contributed by atoms with Crippen molar-refractivity contribution in [2.24, 2.45) is 5.41 Å². The molecule has 6 nitrogen and oxygen atoms in total. The summed E-state index contributed by atoms with van der Waals surface area (Å²) in [6.07, 6.45) is 2.87. The predicted molar refractivity (Wildman–Crippen MR) is 84.5 cm³/mol. The van der Waals surface area contributed by atoms with Crippen LogP contribution in [-0.2, 0) is 11.2 Å². The molecule has 1 atom stereocenters. The summed E-state index contributed by atoms with van der Waals surface area (Å²) in [6.45, 7) is 8.43. The molecule has 0 radical (unpaired) electrons. The van der Waals surface area contributed by atoms with E-state index in [4.69, 9.17) is 9.15 Å². The van der Waals surface area contributed by atoms with E-state index in [0.29, 0.717) is 49.6 Å². The molecule has 23 heavy (non-hydrogen) atoms. The summed E-state index contributed by atoms with van der Waals surface area (Å²) in [6, 6.07) is 0.0841. The Bertz CT molecular complexity index is 620. The summed E-state index contributed by atoms with van der Waals surface area (Å²) < 4.78 is 11.1. The molecule has 1 saturated heterocycles. The van der Waals surface area contributed by atoms with E-state index in [2.05, 4.69) is 19.2 Å². The Morgan fingerprint density at radius 1 is 1.39 bits per heavy atom. The molecule has 1 aromatic heterocycles. The van der Waals surface area contributed by atoms with Crippen LogP contribution in [0.1, 0.15) is 53.7 Å². The van der Waals surface area contributed by atoms with Crippen molar-refractivity contribution in [1.82, 2.24) is 10.2 Å². The van der Waals surface area contributed by atoms with E-state index in [-0.39, 0.29) is 23.3 Å². The van der Waals surface area contributed by atoms with E-state index in [1.54, 1.807) is 4.90 Å². The Balaban J connectivity index is 1.93. The van der Waals surface area contributed by atoms with Gasteiger partial charge in [-0.15, -0.1) is 0 Å². The van der Waals surface area contributed by atoms with Gasteiger partial charge in [-0.25, -0.2) is 0 Å². The van der Waals surface area contributed by atoms with Crippen molar-refractivity contribution < 1.29 is 18.7 Å². The number of nitrogens with zero attached hydrogens (tertiary/aromatic N) is 1. The fourth-order valence-corrected chi connectivity index (χ4v) is 3.19. The molecule has 1 fully saturated rings. The first-order chi connectivity index (χ1) is 10.9. The molecule has 3 rings (SSSR count). The van der Waals surface area contributed by atoms with Crippen LogP contribution >= 0.6 is 0 Å². The van der Waals surface area contributed by atoms with E-state index in [0.717, 1.165) is 6.42 Å². The maximum absolute atomic E-state index is 12.9. The van der Waals surface area contributed by atoms with Gasteiger partial charge in [0, 0.05) is 32.2 Å². The summed E-state index contributed by atoms with van der Waals surface area (Å²) in [5.41, 5.74) is 0.671. The zero-order valence-corrected chi connectivity index (χ0v) is 14.0. The highest BCUT2D eigenvalue weighted by molar-refractivity contribution is 6.08. The molecule has 0 saturated carbocycles. The quantitative estimate of drug-likeness (QED) is 0.857. The number of carbonyl (C=O) groups is 2. The van der Waals surface area contributed by atoms with Crippen LogP contribution in [0.15, 0.2) is 10.7 Å². The molecule has 2 aliphatic heterocycles. The number of nitrogens with one attached hydrogen (secondary N) is 1. The van der Waals surface area contributed by atoms with Crippen LogP contribution in [0, 0.1) is 5.41 Å². The van der Waals surface area contributed by atoms with Crippen molar-refractivity contribution in [1.29, 1.82) is 0 Å². The molecule has 126 valence electrons. The molecule has 0 spiro atoms. The molecular weight excluding hydrogens is 296 g/mol. The van der Waals surface area contributed by atoms with E-state index < -0.39 is 0 Å². The van der Waals surface area contributed by atoms with Gasteiger partial charge >= 0.3 is 0 Å². The first-order valence-electron chi connectivity index (χ1n) is 8.16.